The molecular weight excluding hydrogens is 214 g/mol. The Kier molecular flexibility index (Phi) is 6.14. The summed E-state index contributed by atoms with van der Waals surface area (Å²) in [4.78, 5) is 10.1. The van der Waals surface area contributed by atoms with E-state index in [0.717, 1.165) is 5.56 Å². The molecule has 0 aromatic heterocycles. The summed E-state index contributed by atoms with van der Waals surface area (Å²) in [7, 11) is 0. The van der Waals surface area contributed by atoms with Crippen molar-refractivity contribution in [3.63, 3.8) is 0 Å². The maximum atomic E-state index is 10.1. The minimum Gasteiger partial charge on any atom is -0.487 e. The Balaban J connectivity index is 0.000001000. The van der Waals surface area contributed by atoms with Crippen molar-refractivity contribution in [3.8, 4) is 0 Å². The van der Waals surface area contributed by atoms with Gasteiger partial charge >= 0.3 is 58.2 Å². The van der Waals surface area contributed by atoms with Gasteiger partial charge in [-0.15, -0.1) is 12.1 Å². The quantitative estimate of drug-likeness (QED) is 0.605. The molecule has 1 aromatic rings. The Morgan fingerprint density at radius 3 is 2.27 bits per heavy atom. The molecule has 0 unspecified atom stereocenters. The zero-order valence-electron chi connectivity index (χ0n) is 6.32. The van der Waals surface area contributed by atoms with Crippen LogP contribution in [0.15, 0.2) is 30.3 Å². The van der Waals surface area contributed by atoms with Gasteiger partial charge < -0.3 is 5.11 Å². The second kappa shape index (κ2) is 5.95. The van der Waals surface area contributed by atoms with Crippen molar-refractivity contribution in [1.82, 2.24) is 0 Å². The Bertz CT molecular complexity index is 221. The van der Waals surface area contributed by atoms with Gasteiger partial charge in [0.2, 0.25) is 0 Å². The molecule has 0 saturated heterocycles. The molecule has 0 fully saturated rings. The van der Waals surface area contributed by atoms with E-state index in [-0.39, 0.29) is 58.2 Å². The minimum absolute atomic E-state index is 0. The van der Waals surface area contributed by atoms with Crippen molar-refractivity contribution >= 4 is 5.97 Å². The van der Waals surface area contributed by atoms with Crippen LogP contribution < -0.4 is 58.2 Å². The maximum Gasteiger partial charge on any atom is 1.00 e. The van der Waals surface area contributed by atoms with E-state index in [4.69, 9.17) is 5.11 Å². The summed E-state index contributed by atoms with van der Waals surface area (Å²) in [5.74, 6) is -0.911. The van der Waals surface area contributed by atoms with Crippen LogP contribution in [0.1, 0.15) is 5.56 Å². The van der Waals surface area contributed by atoms with Crippen molar-refractivity contribution in [2.45, 2.75) is 0 Å². The van der Waals surface area contributed by atoms with Crippen LogP contribution in [-0.4, -0.2) is 11.1 Å². The topological polar surface area (TPSA) is 37.3 Å². The molecule has 52 valence electrons. The Labute approximate surface area is 114 Å². The molecule has 11 heavy (non-hydrogen) atoms. The zero-order chi connectivity index (χ0) is 7.40. The van der Waals surface area contributed by atoms with E-state index in [1.807, 2.05) is 6.07 Å². The van der Waals surface area contributed by atoms with Gasteiger partial charge in [-0.05, 0) is 0 Å². The van der Waals surface area contributed by atoms with Gasteiger partial charge in [0.1, 0.15) is 0 Å². The average Bonchev–Trinajstić information content (AvgIpc) is 1.88. The molecule has 1 aromatic carbocycles. The zero-order valence-corrected chi connectivity index (χ0v) is 11.2. The molecule has 0 spiro atoms. The first-order valence-corrected chi connectivity index (χ1v) is 2.92. The molecule has 0 aliphatic rings. The molecule has 3 heteroatoms. The predicted molar refractivity (Wildman–Crippen MR) is 37.5 cm³/mol. The van der Waals surface area contributed by atoms with E-state index in [2.05, 4.69) is 0 Å². The SMILES string of the molecule is O=C(O)[CH-]c1ccccc1.[Rb+]. The molecule has 0 radical (unpaired) electrons. The summed E-state index contributed by atoms with van der Waals surface area (Å²) in [5, 5.41) is 8.31. The monoisotopic (exact) mass is 220 g/mol. The summed E-state index contributed by atoms with van der Waals surface area (Å²) in [5.41, 5.74) is 0.718. The summed E-state index contributed by atoms with van der Waals surface area (Å²) < 4.78 is 0. The molecule has 1 rings (SSSR count). The van der Waals surface area contributed by atoms with Crippen molar-refractivity contribution in [2.75, 3.05) is 0 Å². The molecule has 0 atom stereocenters. The molecule has 0 amide bonds. The molecule has 0 aliphatic carbocycles. The smallest absolute Gasteiger partial charge is 0.487 e. The van der Waals surface area contributed by atoms with Gasteiger partial charge in [-0.2, -0.15) is 17.7 Å². The number of benzene rings is 1. The summed E-state index contributed by atoms with van der Waals surface area (Å²) in [6, 6.07) is 8.94. The van der Waals surface area contributed by atoms with Gasteiger partial charge in [-0.25, -0.2) is 0 Å². The Morgan fingerprint density at radius 1 is 1.27 bits per heavy atom. The number of rotatable bonds is 2. The van der Waals surface area contributed by atoms with Crippen molar-refractivity contribution in [3.05, 3.63) is 42.3 Å². The molecule has 0 aliphatic heterocycles. The normalized spacial score (nSPS) is 8.00. The molecular formula is C8H7O2Rb. The first-order chi connectivity index (χ1) is 4.79. The fourth-order valence-electron chi connectivity index (χ4n) is 0.692. The van der Waals surface area contributed by atoms with Crippen LogP contribution in [0.5, 0.6) is 0 Å². The molecule has 0 saturated carbocycles. The number of carboxylic acid groups (broad SMARTS) is 1. The van der Waals surface area contributed by atoms with E-state index >= 15 is 0 Å². The van der Waals surface area contributed by atoms with E-state index < -0.39 is 5.97 Å². The van der Waals surface area contributed by atoms with Crippen LogP contribution in [0, 0.1) is 6.42 Å². The third-order valence-corrected chi connectivity index (χ3v) is 1.09. The van der Waals surface area contributed by atoms with Crippen LogP contribution in [0.3, 0.4) is 0 Å². The molecule has 2 nitrogen and oxygen atoms in total. The van der Waals surface area contributed by atoms with Crippen molar-refractivity contribution in [2.24, 2.45) is 0 Å². The van der Waals surface area contributed by atoms with E-state index in [0.29, 0.717) is 0 Å². The predicted octanol–water partition coefficient (Wildman–Crippen LogP) is -1.67. The number of carboxylic acids is 1. The van der Waals surface area contributed by atoms with Gasteiger partial charge in [-0.3, -0.25) is 4.79 Å². The maximum absolute atomic E-state index is 10.1. The first kappa shape index (κ1) is 11.4. The standard InChI is InChI=1S/C8H7O2.Rb/c9-8(10)6-7-4-2-1-3-5-7;/h1-6H,(H,9,10);/q-1;+1. The summed E-state index contributed by atoms with van der Waals surface area (Å²) in [6.45, 7) is 0. The Morgan fingerprint density at radius 2 is 1.82 bits per heavy atom. The van der Waals surface area contributed by atoms with Crippen LogP contribution in [0.4, 0.5) is 0 Å². The van der Waals surface area contributed by atoms with Gasteiger partial charge in [0.05, 0.1) is 0 Å². The van der Waals surface area contributed by atoms with Crippen LogP contribution >= 0.6 is 0 Å². The second-order valence-electron chi connectivity index (χ2n) is 1.89. The molecule has 1 N–H and O–H groups in total. The first-order valence-electron chi connectivity index (χ1n) is 2.92. The van der Waals surface area contributed by atoms with E-state index in [1.165, 1.54) is 6.42 Å². The minimum atomic E-state index is -0.911. The van der Waals surface area contributed by atoms with Crippen LogP contribution in [0.2, 0.25) is 0 Å². The second-order valence-corrected chi connectivity index (χ2v) is 1.89. The van der Waals surface area contributed by atoms with E-state index in [9.17, 15) is 4.79 Å². The fourth-order valence-corrected chi connectivity index (χ4v) is 0.692. The van der Waals surface area contributed by atoms with Crippen LogP contribution in [-0.2, 0) is 4.79 Å². The fraction of sp³-hybridized carbons (Fsp3) is 0. The van der Waals surface area contributed by atoms with Crippen molar-refractivity contribution in [1.29, 1.82) is 0 Å². The average molecular weight is 221 g/mol. The van der Waals surface area contributed by atoms with Gasteiger partial charge in [0.15, 0.2) is 0 Å². The number of aliphatic carboxylic acids is 1. The Hall–Kier alpha value is 0.365. The number of hydrogen-bond acceptors (Lipinski definition) is 1. The van der Waals surface area contributed by atoms with Gasteiger partial charge in [-0.1, -0.05) is 12.5 Å². The van der Waals surface area contributed by atoms with E-state index in [1.54, 1.807) is 24.3 Å². The number of carbonyl (C=O) groups is 1. The summed E-state index contributed by atoms with van der Waals surface area (Å²) >= 11 is 0. The summed E-state index contributed by atoms with van der Waals surface area (Å²) in [6.07, 6.45) is 1.17. The molecule has 0 heterocycles. The van der Waals surface area contributed by atoms with Gasteiger partial charge in [0.25, 0.3) is 5.97 Å². The third kappa shape index (κ3) is 4.74. The molecule has 0 bridgehead atoms. The van der Waals surface area contributed by atoms with Gasteiger partial charge in [0, 0.05) is 0 Å². The van der Waals surface area contributed by atoms with Crippen molar-refractivity contribution < 1.29 is 68.1 Å². The number of hydrogen-bond donors (Lipinski definition) is 1. The third-order valence-electron chi connectivity index (χ3n) is 1.09. The largest absolute Gasteiger partial charge is 1.00 e. The van der Waals surface area contributed by atoms with Crippen LogP contribution in [0.25, 0.3) is 0 Å².